The fourth-order valence-electron chi connectivity index (χ4n) is 1.94. The molecule has 0 aliphatic rings. The van der Waals surface area contributed by atoms with Crippen LogP contribution in [0.3, 0.4) is 0 Å². The van der Waals surface area contributed by atoms with Gasteiger partial charge in [-0.25, -0.2) is 14.3 Å². The van der Waals surface area contributed by atoms with Gasteiger partial charge in [-0.2, -0.15) is 10.4 Å². The van der Waals surface area contributed by atoms with E-state index in [2.05, 4.69) is 32.1 Å². The zero-order valence-corrected chi connectivity index (χ0v) is 12.1. The average Bonchev–Trinajstić information content (AvgIpc) is 2.84. The molecule has 0 atom stereocenters. The van der Waals surface area contributed by atoms with Crippen LogP contribution in [-0.2, 0) is 0 Å². The van der Waals surface area contributed by atoms with Crippen molar-refractivity contribution in [1.29, 1.82) is 5.26 Å². The average molecular weight is 343 g/mol. The van der Waals surface area contributed by atoms with Crippen LogP contribution in [0.4, 0.5) is 0 Å². The predicted octanol–water partition coefficient (Wildman–Crippen LogP) is 2.73. The zero-order chi connectivity index (χ0) is 15.0. The highest BCUT2D eigenvalue weighted by molar-refractivity contribution is 9.10. The van der Waals surface area contributed by atoms with Crippen LogP contribution in [0.15, 0.2) is 41.0 Å². The Morgan fingerprint density at radius 3 is 2.86 bits per heavy atom. The lowest BCUT2D eigenvalue weighted by atomic mass is 10.1. The molecule has 1 aromatic carbocycles. The topological polar surface area (TPSA) is 91.3 Å². The smallest absolute Gasteiger partial charge is 0.356 e. The summed E-state index contributed by atoms with van der Waals surface area (Å²) in [6.45, 7) is 0. The number of fused-ring (bicyclic) bond motifs is 1. The van der Waals surface area contributed by atoms with Crippen molar-refractivity contribution in [2.45, 2.75) is 0 Å². The lowest BCUT2D eigenvalue weighted by Crippen LogP contribution is -2.04. The van der Waals surface area contributed by atoms with E-state index in [1.807, 2.05) is 6.07 Å². The fourth-order valence-corrected chi connectivity index (χ4v) is 2.52. The summed E-state index contributed by atoms with van der Waals surface area (Å²) in [5.41, 5.74) is 2.32. The van der Waals surface area contributed by atoms with Gasteiger partial charge in [0.25, 0.3) is 0 Å². The molecule has 0 aliphatic carbocycles. The van der Waals surface area contributed by atoms with E-state index >= 15 is 0 Å². The van der Waals surface area contributed by atoms with E-state index in [4.69, 9.17) is 10.4 Å². The molecule has 21 heavy (non-hydrogen) atoms. The molecule has 0 spiro atoms. The van der Waals surface area contributed by atoms with Crippen LogP contribution in [0.25, 0.3) is 16.9 Å². The van der Waals surface area contributed by atoms with Crippen LogP contribution in [0.2, 0.25) is 0 Å². The van der Waals surface area contributed by atoms with E-state index in [1.165, 1.54) is 10.6 Å². The number of benzene rings is 1. The molecule has 1 N–H and O–H groups in total. The Morgan fingerprint density at radius 2 is 2.14 bits per heavy atom. The molecule has 102 valence electrons. The molecule has 0 radical (unpaired) electrons. The minimum absolute atomic E-state index is 0.0714. The summed E-state index contributed by atoms with van der Waals surface area (Å²) in [7, 11) is 0. The molecular formula is C14H7BrN4O2. The molecule has 2 aromatic heterocycles. The number of rotatable bonds is 2. The van der Waals surface area contributed by atoms with Crippen LogP contribution in [0.1, 0.15) is 16.1 Å². The van der Waals surface area contributed by atoms with Crippen LogP contribution in [0.5, 0.6) is 0 Å². The monoisotopic (exact) mass is 342 g/mol. The summed E-state index contributed by atoms with van der Waals surface area (Å²) in [6, 6.07) is 12.1. The van der Waals surface area contributed by atoms with Gasteiger partial charge in [-0.3, -0.25) is 0 Å². The summed E-state index contributed by atoms with van der Waals surface area (Å²) >= 11 is 3.38. The number of carboxylic acids is 1. The Bertz CT molecular complexity index is 911. The highest BCUT2D eigenvalue weighted by Gasteiger charge is 2.15. The van der Waals surface area contributed by atoms with Gasteiger partial charge in [0.2, 0.25) is 0 Å². The van der Waals surface area contributed by atoms with Crippen LogP contribution < -0.4 is 0 Å². The number of halogens is 1. The Morgan fingerprint density at radius 1 is 1.33 bits per heavy atom. The third-order valence-electron chi connectivity index (χ3n) is 2.91. The summed E-state index contributed by atoms with van der Waals surface area (Å²) in [4.78, 5) is 15.4. The van der Waals surface area contributed by atoms with Gasteiger partial charge >= 0.3 is 5.97 Å². The molecule has 2 heterocycles. The molecule has 3 aromatic rings. The maximum absolute atomic E-state index is 11.0. The first-order valence-electron chi connectivity index (χ1n) is 5.89. The summed E-state index contributed by atoms with van der Waals surface area (Å²) in [6.07, 6.45) is 0. The van der Waals surface area contributed by atoms with E-state index in [0.717, 1.165) is 5.56 Å². The van der Waals surface area contributed by atoms with Crippen LogP contribution in [-0.4, -0.2) is 25.7 Å². The first-order valence-corrected chi connectivity index (χ1v) is 6.68. The van der Waals surface area contributed by atoms with Crippen molar-refractivity contribution < 1.29 is 9.90 Å². The molecule has 0 amide bonds. The number of hydrogen-bond donors (Lipinski definition) is 1. The van der Waals surface area contributed by atoms with E-state index in [-0.39, 0.29) is 5.69 Å². The van der Waals surface area contributed by atoms with E-state index in [0.29, 0.717) is 21.5 Å². The molecule has 6 nitrogen and oxygen atoms in total. The largest absolute Gasteiger partial charge is 0.476 e. The highest BCUT2D eigenvalue weighted by atomic mass is 79.9. The van der Waals surface area contributed by atoms with Crippen molar-refractivity contribution in [3.63, 3.8) is 0 Å². The second-order valence-electron chi connectivity index (χ2n) is 4.24. The summed E-state index contributed by atoms with van der Waals surface area (Å²) < 4.78 is 1.95. The molecule has 0 fully saturated rings. The maximum atomic E-state index is 11.0. The number of hydrogen-bond acceptors (Lipinski definition) is 4. The van der Waals surface area contributed by atoms with Gasteiger partial charge in [-0.1, -0.05) is 12.1 Å². The first kappa shape index (κ1) is 13.3. The number of imidazole rings is 1. The molecular weight excluding hydrogens is 336 g/mol. The van der Waals surface area contributed by atoms with Crippen molar-refractivity contribution >= 4 is 27.5 Å². The van der Waals surface area contributed by atoms with E-state index < -0.39 is 5.97 Å². The lowest BCUT2D eigenvalue weighted by molar-refractivity contribution is 0.0689. The first-order chi connectivity index (χ1) is 10.1. The number of aromatic nitrogens is 3. The van der Waals surface area contributed by atoms with Gasteiger partial charge in [-0.15, -0.1) is 0 Å². The fraction of sp³-hybridized carbons (Fsp3) is 0. The number of nitriles is 1. The van der Waals surface area contributed by atoms with Crippen molar-refractivity contribution in [1.82, 2.24) is 14.6 Å². The van der Waals surface area contributed by atoms with Gasteiger partial charge < -0.3 is 5.11 Å². The van der Waals surface area contributed by atoms with E-state index in [1.54, 1.807) is 24.3 Å². The number of carboxylic acid groups (broad SMARTS) is 1. The van der Waals surface area contributed by atoms with Gasteiger partial charge in [0, 0.05) is 5.56 Å². The van der Waals surface area contributed by atoms with Crippen molar-refractivity contribution in [2.75, 3.05) is 0 Å². The second-order valence-corrected chi connectivity index (χ2v) is 4.99. The predicted molar refractivity (Wildman–Crippen MR) is 77.8 cm³/mol. The third-order valence-corrected chi connectivity index (χ3v) is 3.62. The SMILES string of the molecule is N#Cc1cccc(-c2nc3ccc(C(=O)O)nn3c2Br)c1. The van der Waals surface area contributed by atoms with Crippen LogP contribution in [0, 0.1) is 11.3 Å². The summed E-state index contributed by atoms with van der Waals surface area (Å²) in [5.74, 6) is -1.11. The number of nitrogens with zero attached hydrogens (tertiary/aromatic N) is 4. The minimum Gasteiger partial charge on any atom is -0.476 e. The minimum atomic E-state index is -1.11. The number of carbonyl (C=O) groups is 1. The molecule has 0 saturated heterocycles. The van der Waals surface area contributed by atoms with E-state index in [9.17, 15) is 4.79 Å². The highest BCUT2D eigenvalue weighted by Crippen LogP contribution is 2.28. The van der Waals surface area contributed by atoms with Crippen molar-refractivity contribution in [2.24, 2.45) is 0 Å². The molecule has 0 bridgehead atoms. The Hall–Kier alpha value is -2.72. The number of aromatic carboxylic acids is 1. The molecule has 3 rings (SSSR count). The molecule has 0 aliphatic heterocycles. The Labute approximate surface area is 127 Å². The zero-order valence-electron chi connectivity index (χ0n) is 10.5. The third kappa shape index (κ3) is 2.26. The van der Waals surface area contributed by atoms with Gasteiger partial charge in [0.05, 0.1) is 11.6 Å². The Balaban J connectivity index is 2.22. The Kier molecular flexibility index (Phi) is 3.16. The van der Waals surface area contributed by atoms with Gasteiger partial charge in [0.1, 0.15) is 10.3 Å². The van der Waals surface area contributed by atoms with Crippen molar-refractivity contribution in [3.8, 4) is 17.3 Å². The molecule has 0 unspecified atom stereocenters. The quantitative estimate of drug-likeness (QED) is 0.772. The second kappa shape index (κ2) is 5.00. The normalized spacial score (nSPS) is 10.5. The van der Waals surface area contributed by atoms with Gasteiger partial charge in [-0.05, 0) is 40.2 Å². The van der Waals surface area contributed by atoms with Gasteiger partial charge in [0.15, 0.2) is 11.3 Å². The molecule has 0 saturated carbocycles. The summed E-state index contributed by atoms with van der Waals surface area (Å²) in [5, 5.41) is 21.9. The standard InChI is InChI=1S/C14H7BrN4O2/c15-13-12(9-3-1-2-8(6-9)7-16)17-11-5-4-10(14(20)21)18-19(11)13/h1-6H,(H,20,21). The lowest BCUT2D eigenvalue weighted by Gasteiger charge is -1.98. The molecule has 7 heteroatoms. The maximum Gasteiger partial charge on any atom is 0.356 e. The van der Waals surface area contributed by atoms with Crippen molar-refractivity contribution in [3.05, 3.63) is 52.3 Å². The van der Waals surface area contributed by atoms with Crippen LogP contribution >= 0.6 is 15.9 Å².